The van der Waals surface area contributed by atoms with Crippen LogP contribution in [0, 0.1) is 10.9 Å². The van der Waals surface area contributed by atoms with Crippen LogP contribution in [0.1, 0.15) is 24.8 Å². The molecule has 6 aromatic heterocycles. The molecule has 1 fully saturated rings. The summed E-state index contributed by atoms with van der Waals surface area (Å²) in [7, 11) is 0. The van der Waals surface area contributed by atoms with Gasteiger partial charge in [0.25, 0.3) is 0 Å². The van der Waals surface area contributed by atoms with Crippen LogP contribution in [-0.2, 0) is 6.54 Å². The normalized spacial score (nSPS) is 14.6. The van der Waals surface area contributed by atoms with Crippen molar-refractivity contribution in [3.63, 3.8) is 0 Å². The van der Waals surface area contributed by atoms with Crippen molar-refractivity contribution in [3.05, 3.63) is 65.7 Å². The van der Waals surface area contributed by atoms with Gasteiger partial charge >= 0.3 is 0 Å². The Bertz CT molecular complexity index is 1780. The van der Waals surface area contributed by atoms with Gasteiger partial charge in [-0.25, -0.2) is 9.37 Å². The van der Waals surface area contributed by atoms with E-state index in [1.165, 1.54) is 25.3 Å². The number of halogens is 2. The quantitative estimate of drug-likeness (QED) is 0.287. The molecule has 1 aliphatic rings. The maximum atomic E-state index is 16.1. The zero-order valence-electron chi connectivity index (χ0n) is 20.2. The van der Waals surface area contributed by atoms with Crippen LogP contribution in [0.5, 0.6) is 0 Å². The lowest BCUT2D eigenvalue weighted by molar-refractivity contribution is 0.220. The fourth-order valence-corrected chi connectivity index (χ4v) is 5.85. The van der Waals surface area contributed by atoms with Crippen LogP contribution in [0.25, 0.3) is 55.2 Å². The number of thiophene rings is 1. The van der Waals surface area contributed by atoms with Gasteiger partial charge in [-0.3, -0.25) is 25.0 Å². The number of nitrogens with one attached hydrogen (secondary N) is 2. The molecular formula is C27H22F2N8S. The molecule has 1 saturated heterocycles. The topological polar surface area (TPSA) is 99.3 Å². The second-order valence-electron chi connectivity index (χ2n) is 9.47. The van der Waals surface area contributed by atoms with Crippen molar-refractivity contribution in [2.45, 2.75) is 25.8 Å². The average Bonchev–Trinajstić information content (AvgIpc) is 3.67. The third-order valence-corrected chi connectivity index (χ3v) is 7.83. The Morgan fingerprint density at radius 1 is 0.921 bits per heavy atom. The number of aromatic nitrogens is 7. The minimum absolute atomic E-state index is 0.209. The summed E-state index contributed by atoms with van der Waals surface area (Å²) in [5, 5.41) is 7.22. The van der Waals surface area contributed by atoms with Gasteiger partial charge in [0.15, 0.2) is 16.8 Å². The highest BCUT2D eigenvalue weighted by molar-refractivity contribution is 7.14. The summed E-state index contributed by atoms with van der Waals surface area (Å²) in [6.45, 7) is 2.92. The van der Waals surface area contributed by atoms with Crippen LogP contribution in [0.15, 0.2) is 49.2 Å². The maximum absolute atomic E-state index is 16.1. The highest BCUT2D eigenvalue weighted by atomic mass is 32.1. The summed E-state index contributed by atoms with van der Waals surface area (Å²) in [5.74, 6) is -0.118. The molecule has 0 spiro atoms. The number of hydrogen-bond donors (Lipinski definition) is 2. The van der Waals surface area contributed by atoms with E-state index in [0.29, 0.717) is 44.1 Å². The SMILES string of the molecule is Fc1ccc(-c2cncc3[nH]c(-c4n[nH]c5cnc(-c6cncc(CN7CCCCC7)c6)c(F)c45)nc23)s1. The summed E-state index contributed by atoms with van der Waals surface area (Å²) in [6.07, 6.45) is 12.0. The van der Waals surface area contributed by atoms with E-state index in [4.69, 9.17) is 4.98 Å². The Morgan fingerprint density at radius 3 is 2.63 bits per heavy atom. The van der Waals surface area contributed by atoms with E-state index in [9.17, 15) is 4.39 Å². The molecule has 38 heavy (non-hydrogen) atoms. The number of piperidine rings is 1. The lowest BCUT2D eigenvalue weighted by Crippen LogP contribution is -2.29. The van der Waals surface area contributed by atoms with Crippen LogP contribution in [-0.4, -0.2) is 53.1 Å². The van der Waals surface area contributed by atoms with Crippen molar-refractivity contribution in [3.8, 4) is 33.2 Å². The first-order valence-corrected chi connectivity index (χ1v) is 13.2. The van der Waals surface area contributed by atoms with Crippen LogP contribution in [0.2, 0.25) is 0 Å². The summed E-state index contributed by atoms with van der Waals surface area (Å²) in [4.78, 5) is 24.1. The van der Waals surface area contributed by atoms with E-state index < -0.39 is 5.82 Å². The molecule has 1 aliphatic heterocycles. The van der Waals surface area contributed by atoms with Crippen molar-refractivity contribution in [1.29, 1.82) is 0 Å². The fourth-order valence-electron chi connectivity index (χ4n) is 5.11. The molecule has 7 rings (SSSR count). The molecule has 0 aliphatic carbocycles. The fraction of sp³-hybridized carbons (Fsp3) is 0.222. The maximum Gasteiger partial charge on any atom is 0.176 e. The van der Waals surface area contributed by atoms with Crippen molar-refractivity contribution in [2.24, 2.45) is 0 Å². The Hall–Kier alpha value is -4.09. The third-order valence-electron chi connectivity index (χ3n) is 6.92. The van der Waals surface area contributed by atoms with E-state index in [1.807, 2.05) is 12.3 Å². The molecule has 8 nitrogen and oxygen atoms in total. The number of likely N-dealkylation sites (tertiary alicyclic amines) is 1. The van der Waals surface area contributed by atoms with Gasteiger partial charge in [-0.2, -0.15) is 9.49 Å². The van der Waals surface area contributed by atoms with Gasteiger partial charge in [0, 0.05) is 41.1 Å². The first kappa shape index (κ1) is 23.1. The molecule has 0 saturated carbocycles. The number of pyridine rings is 3. The van der Waals surface area contributed by atoms with Crippen molar-refractivity contribution < 1.29 is 8.78 Å². The number of imidazole rings is 1. The molecule has 6 aromatic rings. The molecule has 0 radical (unpaired) electrons. The summed E-state index contributed by atoms with van der Waals surface area (Å²) in [5.41, 5.74) is 4.58. The van der Waals surface area contributed by atoms with Gasteiger partial charge in [0.2, 0.25) is 0 Å². The van der Waals surface area contributed by atoms with Crippen LogP contribution < -0.4 is 0 Å². The van der Waals surface area contributed by atoms with E-state index in [-0.39, 0.29) is 16.2 Å². The molecule has 0 amide bonds. The largest absolute Gasteiger partial charge is 0.335 e. The molecule has 11 heteroatoms. The smallest absolute Gasteiger partial charge is 0.176 e. The van der Waals surface area contributed by atoms with E-state index in [1.54, 1.807) is 30.9 Å². The molecule has 0 unspecified atom stereocenters. The molecule has 2 N–H and O–H groups in total. The summed E-state index contributed by atoms with van der Waals surface area (Å²) >= 11 is 1.02. The van der Waals surface area contributed by atoms with E-state index in [2.05, 4.69) is 35.0 Å². The molecule has 0 atom stereocenters. The van der Waals surface area contributed by atoms with Crippen molar-refractivity contribution in [1.82, 2.24) is 40.0 Å². The Kier molecular flexibility index (Phi) is 5.67. The summed E-state index contributed by atoms with van der Waals surface area (Å²) in [6, 6.07) is 5.06. The third kappa shape index (κ3) is 4.04. The molecule has 190 valence electrons. The minimum atomic E-state index is -0.498. The zero-order valence-corrected chi connectivity index (χ0v) is 21.0. The Labute approximate surface area is 219 Å². The number of nitrogens with zero attached hydrogens (tertiary/aromatic N) is 6. The monoisotopic (exact) mass is 528 g/mol. The van der Waals surface area contributed by atoms with E-state index >= 15 is 4.39 Å². The first-order chi connectivity index (χ1) is 18.6. The average molecular weight is 529 g/mol. The Morgan fingerprint density at radius 2 is 1.79 bits per heavy atom. The molecule has 0 bridgehead atoms. The second kappa shape index (κ2) is 9.34. The van der Waals surface area contributed by atoms with Gasteiger partial charge in [-0.1, -0.05) is 6.42 Å². The highest BCUT2D eigenvalue weighted by Gasteiger charge is 2.22. The zero-order chi connectivity index (χ0) is 25.6. The van der Waals surface area contributed by atoms with Gasteiger partial charge in [0.05, 0.1) is 28.8 Å². The van der Waals surface area contributed by atoms with Gasteiger partial charge in [-0.15, -0.1) is 11.3 Å². The molecule has 7 heterocycles. The van der Waals surface area contributed by atoms with Crippen LogP contribution in [0.4, 0.5) is 8.78 Å². The number of fused-ring (bicyclic) bond motifs is 2. The van der Waals surface area contributed by atoms with E-state index in [0.717, 1.165) is 36.5 Å². The van der Waals surface area contributed by atoms with Gasteiger partial charge in [-0.05, 0) is 49.7 Å². The number of H-pyrrole nitrogens is 2. The van der Waals surface area contributed by atoms with Gasteiger partial charge in [0.1, 0.15) is 16.9 Å². The molecule has 0 aromatic carbocycles. The molecular weight excluding hydrogens is 506 g/mol. The van der Waals surface area contributed by atoms with Crippen LogP contribution in [0.3, 0.4) is 0 Å². The predicted molar refractivity (Wildman–Crippen MR) is 142 cm³/mol. The van der Waals surface area contributed by atoms with Gasteiger partial charge < -0.3 is 4.98 Å². The first-order valence-electron chi connectivity index (χ1n) is 12.4. The lowest BCUT2D eigenvalue weighted by Gasteiger charge is -2.26. The number of hydrogen-bond acceptors (Lipinski definition) is 7. The minimum Gasteiger partial charge on any atom is -0.335 e. The predicted octanol–water partition coefficient (Wildman–Crippen LogP) is 5.95. The van der Waals surface area contributed by atoms with Crippen molar-refractivity contribution >= 4 is 33.3 Å². The summed E-state index contributed by atoms with van der Waals surface area (Å²) < 4.78 is 29.8. The highest BCUT2D eigenvalue weighted by Crippen LogP contribution is 2.35. The number of rotatable bonds is 5. The standard InChI is InChI=1S/C27H22F2N8S/c28-21-5-4-20(38-21)17-11-31-12-19-25(17)34-27(33-19)26-22-18(35-36-26)13-32-24(23(22)29)16-8-15(9-30-10-16)14-37-6-2-1-3-7-37/h4-5,8-13H,1-3,6-7,14H2,(H,33,34)(H,35,36). The second-order valence-corrected chi connectivity index (χ2v) is 10.5. The number of aromatic amines is 2. The van der Waals surface area contributed by atoms with Crippen LogP contribution >= 0.6 is 11.3 Å². The lowest BCUT2D eigenvalue weighted by atomic mass is 10.1. The Balaban J connectivity index is 1.29. The van der Waals surface area contributed by atoms with Crippen molar-refractivity contribution in [2.75, 3.05) is 13.1 Å².